The van der Waals surface area contributed by atoms with Crippen LogP contribution in [0.3, 0.4) is 0 Å². The summed E-state index contributed by atoms with van der Waals surface area (Å²) in [5, 5.41) is 12.3. The molecule has 4 heterocycles. The van der Waals surface area contributed by atoms with Crippen LogP contribution >= 0.6 is 15.9 Å². The highest BCUT2D eigenvalue weighted by atomic mass is 79.9. The highest BCUT2D eigenvalue weighted by molar-refractivity contribution is 9.11. The lowest BCUT2D eigenvalue weighted by atomic mass is 9.74. The molecule has 3 amide bonds. The first-order valence-electron chi connectivity index (χ1n) is 18.3. The second-order valence-corrected chi connectivity index (χ2v) is 15.1. The summed E-state index contributed by atoms with van der Waals surface area (Å²) in [6, 6.07) is 7.57. The number of aliphatic hydroxyl groups excluding tert-OH is 1. The number of nitrogens with one attached hydrogen (secondary N) is 1. The summed E-state index contributed by atoms with van der Waals surface area (Å²) >= 11 is 3.66. The molecule has 1 saturated carbocycles. The summed E-state index contributed by atoms with van der Waals surface area (Å²) < 4.78 is 19.2. The van der Waals surface area contributed by atoms with Gasteiger partial charge >= 0.3 is 5.97 Å². The van der Waals surface area contributed by atoms with Gasteiger partial charge in [0.1, 0.15) is 29.8 Å². The number of allylic oxidation sites excluding steroid dienone is 1. The summed E-state index contributed by atoms with van der Waals surface area (Å²) in [7, 11) is 1.53. The van der Waals surface area contributed by atoms with Crippen molar-refractivity contribution in [3.05, 3.63) is 58.6 Å². The predicted molar refractivity (Wildman–Crippen MR) is 189 cm³/mol. The third-order valence-electron chi connectivity index (χ3n) is 11.0. The molecule has 2 N–H and O–H groups in total. The Morgan fingerprint density at radius 3 is 2.48 bits per heavy atom. The summed E-state index contributed by atoms with van der Waals surface area (Å²) in [5.74, 6) is -3.28. The molecular weight excluding hydrogens is 706 g/mol. The molecule has 1 spiro atoms. The van der Waals surface area contributed by atoms with Crippen LogP contribution in [0.15, 0.2) is 53.0 Å². The monoisotopic (exact) mass is 755 g/mol. The van der Waals surface area contributed by atoms with E-state index in [1.165, 1.54) is 7.11 Å². The zero-order chi connectivity index (χ0) is 35.3. The molecule has 0 aromatic heterocycles. The number of rotatable bonds is 10. The van der Waals surface area contributed by atoms with Crippen LogP contribution in [0.4, 0.5) is 0 Å². The second-order valence-electron chi connectivity index (χ2n) is 14.2. The SMILES string of the molecule is COC[C@@H]1NC(=O)CC/C=C\CN(C2CCCCC2)C(=O)[C@H]2N(CCCCCCO)C(=O)[C@@H]3[C@@H](C(=O)O[C@H]1c1ccccc1)[C@@H]1O[C@@]32C=C1Br. The lowest BCUT2D eigenvalue weighted by molar-refractivity contribution is -0.162. The van der Waals surface area contributed by atoms with Crippen LogP contribution in [0.5, 0.6) is 0 Å². The van der Waals surface area contributed by atoms with Gasteiger partial charge in [-0.15, -0.1) is 0 Å². The fourth-order valence-corrected chi connectivity index (χ4v) is 9.37. The van der Waals surface area contributed by atoms with Crippen molar-refractivity contribution < 1.29 is 38.5 Å². The largest absolute Gasteiger partial charge is 0.455 e. The number of esters is 1. The standard InChI is InChI=1S/C38H50BrN3O8/c1-48-24-28-32(25-15-7-4-8-16-25)49-37(47)30-31-35(45)42(21-12-2-3-14-22-43)34(38(31)23-27(39)33(30)50-38)36(46)41(26-17-9-5-10-18-26)20-13-6-11-19-29(44)40-28/h4,6-8,13,15-16,23,26,28,30-34,43H,2-3,5,9-12,14,17-22,24H2,1H3,(H,40,44)/b13-6-/t28-,30+,31-,32-,33+,34+,38-/m0/s1. The molecule has 3 fully saturated rings. The fraction of sp³-hybridized carbons (Fsp3) is 0.632. The van der Waals surface area contributed by atoms with Gasteiger partial charge in [-0.05, 0) is 43.7 Å². The maximum absolute atomic E-state index is 15.1. The number of benzene rings is 1. The predicted octanol–water partition coefficient (Wildman–Crippen LogP) is 4.34. The van der Waals surface area contributed by atoms with Gasteiger partial charge in [-0.2, -0.15) is 0 Å². The van der Waals surface area contributed by atoms with Crippen molar-refractivity contribution in [2.45, 2.75) is 107 Å². The smallest absolute Gasteiger partial charge is 0.313 e. The number of likely N-dealkylation sites (tertiary alicyclic amines) is 1. The fourth-order valence-electron chi connectivity index (χ4n) is 8.63. The molecule has 2 saturated heterocycles. The van der Waals surface area contributed by atoms with Gasteiger partial charge in [0.2, 0.25) is 17.7 Å². The Labute approximate surface area is 302 Å². The van der Waals surface area contributed by atoms with E-state index < -0.39 is 47.7 Å². The van der Waals surface area contributed by atoms with Crippen molar-refractivity contribution in [2.24, 2.45) is 11.8 Å². The summed E-state index contributed by atoms with van der Waals surface area (Å²) in [6.45, 7) is 0.883. The number of aliphatic hydroxyl groups is 1. The maximum atomic E-state index is 15.1. The number of hydrogen-bond acceptors (Lipinski definition) is 8. The average molecular weight is 757 g/mol. The number of carbonyl (C=O) groups is 4. The van der Waals surface area contributed by atoms with Crippen LogP contribution in [0.1, 0.15) is 82.3 Å². The number of carbonyl (C=O) groups excluding carboxylic acids is 4. The number of unbranched alkanes of at least 4 members (excludes halogenated alkanes) is 3. The third-order valence-corrected chi connectivity index (χ3v) is 11.7. The number of fused-ring (bicyclic) bond motifs is 2. The van der Waals surface area contributed by atoms with Gasteiger partial charge < -0.3 is 34.4 Å². The van der Waals surface area contributed by atoms with Gasteiger partial charge in [0.05, 0.1) is 18.6 Å². The Morgan fingerprint density at radius 1 is 0.980 bits per heavy atom. The van der Waals surface area contributed by atoms with E-state index in [-0.39, 0.29) is 43.4 Å². The van der Waals surface area contributed by atoms with E-state index in [1.807, 2.05) is 53.5 Å². The van der Waals surface area contributed by atoms with E-state index >= 15 is 4.79 Å². The quantitative estimate of drug-likeness (QED) is 0.205. The number of amides is 3. The zero-order valence-electron chi connectivity index (χ0n) is 28.8. The molecule has 1 aromatic rings. The Kier molecular flexibility index (Phi) is 12.1. The Balaban J connectivity index is 1.42. The number of cyclic esters (lactones) is 1. The average Bonchev–Trinajstić information content (AvgIpc) is 3.71. The molecule has 11 nitrogen and oxygen atoms in total. The number of ether oxygens (including phenoxy) is 3. The molecule has 1 aromatic carbocycles. The van der Waals surface area contributed by atoms with Gasteiger partial charge in [0, 0.05) is 43.8 Å². The molecule has 5 bridgehead atoms. The summed E-state index contributed by atoms with van der Waals surface area (Å²) in [6.07, 6.45) is 12.5. The van der Waals surface area contributed by atoms with E-state index in [4.69, 9.17) is 14.2 Å². The second kappa shape index (κ2) is 16.5. The summed E-state index contributed by atoms with van der Waals surface area (Å²) in [5.41, 5.74) is -0.674. The molecule has 4 aliphatic heterocycles. The normalized spacial score (nSPS) is 32.9. The van der Waals surface area contributed by atoms with E-state index in [1.54, 1.807) is 4.90 Å². The molecule has 1 aliphatic carbocycles. The van der Waals surface area contributed by atoms with Crippen LogP contribution in [-0.4, -0.2) is 102 Å². The van der Waals surface area contributed by atoms with Crippen molar-refractivity contribution in [3.8, 4) is 0 Å². The van der Waals surface area contributed by atoms with Crippen molar-refractivity contribution in [2.75, 3.05) is 33.4 Å². The van der Waals surface area contributed by atoms with Crippen LogP contribution in [0, 0.1) is 11.8 Å². The molecule has 7 atom stereocenters. The molecule has 12 heteroatoms. The first kappa shape index (κ1) is 36.7. The zero-order valence-corrected chi connectivity index (χ0v) is 30.4. The summed E-state index contributed by atoms with van der Waals surface area (Å²) in [4.78, 5) is 61.1. The van der Waals surface area contributed by atoms with Crippen LogP contribution in [0.2, 0.25) is 0 Å². The lowest BCUT2D eigenvalue weighted by Gasteiger charge is -2.40. The third kappa shape index (κ3) is 7.31. The maximum Gasteiger partial charge on any atom is 0.313 e. The van der Waals surface area contributed by atoms with Crippen molar-refractivity contribution >= 4 is 39.6 Å². The lowest BCUT2D eigenvalue weighted by Crippen LogP contribution is -2.58. The van der Waals surface area contributed by atoms with Gasteiger partial charge in [-0.25, -0.2) is 0 Å². The topological polar surface area (TPSA) is 135 Å². The van der Waals surface area contributed by atoms with E-state index in [2.05, 4.69) is 21.2 Å². The molecule has 6 rings (SSSR count). The molecule has 50 heavy (non-hydrogen) atoms. The number of nitrogens with zero attached hydrogens (tertiary/aromatic N) is 2. The van der Waals surface area contributed by atoms with Crippen LogP contribution in [0.25, 0.3) is 0 Å². The Hall–Kier alpha value is -3.06. The molecule has 0 unspecified atom stereocenters. The van der Waals surface area contributed by atoms with Gasteiger partial charge in [-0.3, -0.25) is 19.2 Å². The molecule has 5 aliphatic rings. The van der Waals surface area contributed by atoms with Gasteiger partial charge in [0.15, 0.2) is 0 Å². The van der Waals surface area contributed by atoms with Crippen molar-refractivity contribution in [1.29, 1.82) is 0 Å². The number of halogens is 1. The first-order valence-corrected chi connectivity index (χ1v) is 19.1. The number of methoxy groups -OCH3 is 1. The van der Waals surface area contributed by atoms with Crippen molar-refractivity contribution in [1.82, 2.24) is 15.1 Å². The minimum absolute atomic E-state index is 0.0106. The molecular formula is C38H50BrN3O8. The van der Waals surface area contributed by atoms with E-state index in [0.29, 0.717) is 42.4 Å². The van der Waals surface area contributed by atoms with Gasteiger partial charge in [0.25, 0.3) is 0 Å². The van der Waals surface area contributed by atoms with E-state index in [0.717, 1.165) is 44.9 Å². The first-order chi connectivity index (χ1) is 24.3. The van der Waals surface area contributed by atoms with Crippen LogP contribution in [-0.2, 0) is 33.4 Å². The van der Waals surface area contributed by atoms with Crippen LogP contribution < -0.4 is 5.32 Å². The minimum atomic E-state index is -1.35. The Bertz CT molecular complexity index is 1450. The molecule has 0 radical (unpaired) electrons. The van der Waals surface area contributed by atoms with Crippen molar-refractivity contribution in [3.63, 3.8) is 0 Å². The van der Waals surface area contributed by atoms with E-state index in [9.17, 15) is 19.5 Å². The highest BCUT2D eigenvalue weighted by Crippen LogP contribution is 2.59. The minimum Gasteiger partial charge on any atom is -0.455 e. The molecule has 272 valence electrons. The Morgan fingerprint density at radius 2 is 1.74 bits per heavy atom. The van der Waals surface area contributed by atoms with Gasteiger partial charge in [-0.1, -0.05) is 90.5 Å². The highest BCUT2D eigenvalue weighted by Gasteiger charge is 2.75. The number of hydrogen-bond donors (Lipinski definition) is 2.